The molecule has 0 aliphatic heterocycles. The highest BCUT2D eigenvalue weighted by Gasteiger charge is 2.21. The summed E-state index contributed by atoms with van der Waals surface area (Å²) in [6.07, 6.45) is 4.71. The van der Waals surface area contributed by atoms with Gasteiger partial charge in [0.1, 0.15) is 29.4 Å². The summed E-state index contributed by atoms with van der Waals surface area (Å²) in [5, 5.41) is 0.321. The highest BCUT2D eigenvalue weighted by Crippen LogP contribution is 2.32. The number of carbonyl (C=O) groups excluding carboxylic acids is 1. The second-order valence-corrected chi connectivity index (χ2v) is 7.64. The van der Waals surface area contributed by atoms with Gasteiger partial charge in [0.25, 0.3) is 0 Å². The van der Waals surface area contributed by atoms with Crippen molar-refractivity contribution in [3.63, 3.8) is 0 Å². The van der Waals surface area contributed by atoms with Crippen LogP contribution < -0.4 is 14.9 Å². The molecule has 0 amide bonds. The Balaban J connectivity index is 1.90. The minimum absolute atomic E-state index is 0.188. The first-order valence-electron chi connectivity index (χ1n) is 10.8. The molecule has 0 aliphatic rings. The monoisotopic (exact) mass is 452 g/mol. The highest BCUT2D eigenvalue weighted by molar-refractivity contribution is 6.15. The van der Waals surface area contributed by atoms with Gasteiger partial charge in [-0.1, -0.05) is 61.2 Å². The number of carbonyl (C=O) groups is 1. The first kappa shape index (κ1) is 22.8. The van der Waals surface area contributed by atoms with Crippen molar-refractivity contribution >= 4 is 22.8 Å². The number of ketones is 1. The SMILES string of the molecule is C=CCOc1ccc2c(=O)c(C)c(-c3ccccc3)oc2c1C(=O)/C=C/c1cccc(OC)c1. The quantitative estimate of drug-likeness (QED) is 0.180. The number of hydrogen-bond donors (Lipinski definition) is 0. The van der Waals surface area contributed by atoms with Crippen LogP contribution in [0.1, 0.15) is 21.5 Å². The summed E-state index contributed by atoms with van der Waals surface area (Å²) in [5.41, 5.74) is 2.21. The molecule has 34 heavy (non-hydrogen) atoms. The van der Waals surface area contributed by atoms with Gasteiger partial charge in [-0.3, -0.25) is 9.59 Å². The molecule has 1 aromatic heterocycles. The zero-order valence-corrected chi connectivity index (χ0v) is 19.0. The molecule has 0 atom stereocenters. The first-order valence-corrected chi connectivity index (χ1v) is 10.8. The molecular weight excluding hydrogens is 428 g/mol. The zero-order valence-electron chi connectivity index (χ0n) is 19.0. The smallest absolute Gasteiger partial charge is 0.196 e. The lowest BCUT2D eigenvalue weighted by Crippen LogP contribution is -2.11. The number of methoxy groups -OCH3 is 1. The van der Waals surface area contributed by atoms with E-state index in [4.69, 9.17) is 13.9 Å². The summed E-state index contributed by atoms with van der Waals surface area (Å²) in [5.74, 6) is 1.07. The fourth-order valence-corrected chi connectivity index (χ4v) is 3.70. The van der Waals surface area contributed by atoms with Crippen molar-refractivity contribution in [3.05, 3.63) is 112 Å². The largest absolute Gasteiger partial charge is 0.497 e. The summed E-state index contributed by atoms with van der Waals surface area (Å²) in [6.45, 7) is 5.60. The number of allylic oxidation sites excluding steroid dienone is 1. The van der Waals surface area contributed by atoms with Gasteiger partial charge in [-0.05, 0) is 42.8 Å². The van der Waals surface area contributed by atoms with Gasteiger partial charge in [-0.25, -0.2) is 0 Å². The van der Waals surface area contributed by atoms with Crippen LogP contribution in [0.3, 0.4) is 0 Å². The number of ether oxygens (including phenoxy) is 2. The Morgan fingerprint density at radius 1 is 1.06 bits per heavy atom. The second kappa shape index (κ2) is 10.0. The molecule has 0 unspecified atom stereocenters. The summed E-state index contributed by atoms with van der Waals surface area (Å²) in [7, 11) is 1.58. The van der Waals surface area contributed by atoms with E-state index in [9.17, 15) is 9.59 Å². The van der Waals surface area contributed by atoms with E-state index in [2.05, 4.69) is 6.58 Å². The van der Waals surface area contributed by atoms with Crippen molar-refractivity contribution in [1.29, 1.82) is 0 Å². The zero-order chi connectivity index (χ0) is 24.1. The van der Waals surface area contributed by atoms with E-state index in [0.717, 1.165) is 11.1 Å². The van der Waals surface area contributed by atoms with E-state index in [0.29, 0.717) is 28.2 Å². The third-order valence-electron chi connectivity index (χ3n) is 5.41. The topological polar surface area (TPSA) is 65.7 Å². The van der Waals surface area contributed by atoms with Crippen LogP contribution in [0, 0.1) is 6.92 Å². The fraction of sp³-hybridized carbons (Fsp3) is 0.103. The van der Waals surface area contributed by atoms with E-state index in [1.165, 1.54) is 6.08 Å². The molecule has 0 radical (unpaired) electrons. The lowest BCUT2D eigenvalue weighted by Gasteiger charge is -2.13. The maximum atomic E-state index is 13.4. The third kappa shape index (κ3) is 4.55. The average molecular weight is 453 g/mol. The van der Waals surface area contributed by atoms with Gasteiger partial charge in [0.05, 0.1) is 12.5 Å². The minimum atomic E-state index is -0.349. The Morgan fingerprint density at radius 3 is 2.59 bits per heavy atom. The molecule has 3 aromatic carbocycles. The van der Waals surface area contributed by atoms with Crippen LogP contribution >= 0.6 is 0 Å². The van der Waals surface area contributed by atoms with Crippen LogP contribution in [0.5, 0.6) is 11.5 Å². The molecule has 170 valence electrons. The fourth-order valence-electron chi connectivity index (χ4n) is 3.70. The van der Waals surface area contributed by atoms with E-state index in [-0.39, 0.29) is 29.0 Å². The van der Waals surface area contributed by atoms with Crippen LogP contribution in [0.4, 0.5) is 0 Å². The molecule has 0 saturated heterocycles. The summed E-state index contributed by atoms with van der Waals surface area (Å²) < 4.78 is 17.3. The van der Waals surface area contributed by atoms with Crippen molar-refractivity contribution in [2.45, 2.75) is 6.92 Å². The van der Waals surface area contributed by atoms with E-state index in [1.54, 1.807) is 38.3 Å². The second-order valence-electron chi connectivity index (χ2n) is 7.64. The molecule has 4 aromatic rings. The molecule has 5 nitrogen and oxygen atoms in total. The average Bonchev–Trinajstić information content (AvgIpc) is 2.88. The molecule has 5 heteroatoms. The molecular formula is C29H24O5. The van der Waals surface area contributed by atoms with Gasteiger partial charge in [0.15, 0.2) is 16.8 Å². The van der Waals surface area contributed by atoms with E-state index >= 15 is 0 Å². The van der Waals surface area contributed by atoms with Gasteiger partial charge in [0, 0.05) is 11.1 Å². The van der Waals surface area contributed by atoms with Crippen LogP contribution in [-0.2, 0) is 0 Å². The van der Waals surface area contributed by atoms with Gasteiger partial charge >= 0.3 is 0 Å². The Morgan fingerprint density at radius 2 is 1.85 bits per heavy atom. The molecule has 0 spiro atoms. The lowest BCUT2D eigenvalue weighted by atomic mass is 10.0. The predicted octanol–water partition coefficient (Wildman–Crippen LogP) is 6.24. The van der Waals surface area contributed by atoms with Crippen LogP contribution in [0.2, 0.25) is 0 Å². The van der Waals surface area contributed by atoms with Gasteiger partial charge in [-0.2, -0.15) is 0 Å². The maximum absolute atomic E-state index is 13.4. The summed E-state index contributed by atoms with van der Waals surface area (Å²) in [6, 6.07) is 19.9. The lowest BCUT2D eigenvalue weighted by molar-refractivity contribution is 0.104. The standard InChI is InChI=1S/C29H24O5/c1-4-17-33-25-16-14-23-27(31)19(2)28(21-10-6-5-7-11-21)34-29(23)26(25)24(30)15-13-20-9-8-12-22(18-20)32-3/h4-16,18H,1,17H2,2-3H3/b15-13+. The molecule has 0 saturated carbocycles. The van der Waals surface area contributed by atoms with E-state index < -0.39 is 0 Å². The van der Waals surface area contributed by atoms with Crippen LogP contribution in [-0.4, -0.2) is 19.5 Å². The van der Waals surface area contributed by atoms with Crippen molar-refractivity contribution in [1.82, 2.24) is 0 Å². The van der Waals surface area contributed by atoms with Gasteiger partial charge in [0.2, 0.25) is 0 Å². The molecule has 0 fully saturated rings. The molecule has 4 rings (SSSR count). The van der Waals surface area contributed by atoms with Crippen LogP contribution in [0.25, 0.3) is 28.4 Å². The number of fused-ring (bicyclic) bond motifs is 1. The number of rotatable bonds is 8. The summed E-state index contributed by atoms with van der Waals surface area (Å²) in [4.78, 5) is 26.6. The summed E-state index contributed by atoms with van der Waals surface area (Å²) >= 11 is 0. The van der Waals surface area contributed by atoms with Crippen LogP contribution in [0.15, 0.2) is 94.7 Å². The molecule has 0 N–H and O–H groups in total. The van der Waals surface area contributed by atoms with Crippen molar-refractivity contribution in [2.24, 2.45) is 0 Å². The normalized spacial score (nSPS) is 11.0. The Labute approximate surface area is 197 Å². The molecule has 1 heterocycles. The molecule has 0 aliphatic carbocycles. The number of hydrogen-bond acceptors (Lipinski definition) is 5. The van der Waals surface area contributed by atoms with E-state index in [1.807, 2.05) is 54.6 Å². The van der Waals surface area contributed by atoms with Gasteiger partial charge < -0.3 is 13.9 Å². The van der Waals surface area contributed by atoms with Gasteiger partial charge in [-0.15, -0.1) is 0 Å². The first-order chi connectivity index (χ1) is 16.5. The highest BCUT2D eigenvalue weighted by atomic mass is 16.5. The maximum Gasteiger partial charge on any atom is 0.196 e. The Bertz CT molecular complexity index is 1450. The van der Waals surface area contributed by atoms with Crippen molar-refractivity contribution < 1.29 is 18.7 Å². The van der Waals surface area contributed by atoms with Crippen molar-refractivity contribution in [3.8, 4) is 22.8 Å². The van der Waals surface area contributed by atoms with Crippen molar-refractivity contribution in [2.75, 3.05) is 13.7 Å². The Kier molecular flexibility index (Phi) is 6.74. The number of benzene rings is 3. The molecule has 0 bridgehead atoms. The minimum Gasteiger partial charge on any atom is -0.497 e. The third-order valence-corrected chi connectivity index (χ3v) is 5.41. The Hall–Kier alpha value is -4.38. The predicted molar refractivity (Wildman–Crippen MR) is 135 cm³/mol.